The van der Waals surface area contributed by atoms with E-state index in [0.717, 1.165) is 0 Å². The fraction of sp³-hybridized carbons (Fsp3) is 0.333. The summed E-state index contributed by atoms with van der Waals surface area (Å²) in [6, 6.07) is 0. The maximum absolute atomic E-state index is 9.53. The van der Waals surface area contributed by atoms with Gasteiger partial charge in [0.25, 0.3) is 0 Å². The van der Waals surface area contributed by atoms with E-state index in [1.165, 1.54) is 0 Å². The predicted octanol–water partition coefficient (Wildman–Crippen LogP) is -3.83. The van der Waals surface area contributed by atoms with Crippen LogP contribution in [0.4, 0.5) is 0 Å². The minimum absolute atomic E-state index is 0. The average molecular weight is 126 g/mol. The van der Waals surface area contributed by atoms with E-state index in [2.05, 4.69) is 6.42 Å². The van der Waals surface area contributed by atoms with Crippen molar-refractivity contribution in [1.82, 2.24) is 0 Å². The Morgan fingerprint density at radius 1 is 1.62 bits per heavy atom. The molecule has 0 aromatic carbocycles. The molecule has 0 bridgehead atoms. The van der Waals surface area contributed by atoms with Gasteiger partial charge in [0.05, 0.1) is 5.75 Å². The van der Waals surface area contributed by atoms with Crippen LogP contribution >= 0.6 is 0 Å². The molecule has 40 valence electrons. The summed E-state index contributed by atoms with van der Waals surface area (Å²) in [4.78, 5) is 0. The van der Waals surface area contributed by atoms with Crippen LogP contribution in [0, 0.1) is 12.3 Å². The van der Waals surface area contributed by atoms with Crippen LogP contribution in [0.25, 0.3) is 0 Å². The van der Waals surface area contributed by atoms with E-state index in [9.17, 15) is 13.0 Å². The largest absolute Gasteiger partial charge is 1.00 e. The molecule has 0 rings (SSSR count). The zero-order valence-corrected chi connectivity index (χ0v) is 5.23. The number of hydrogen-bond acceptors (Lipinski definition) is 3. The molecule has 5 heteroatoms. The Labute approximate surface area is 60.4 Å². The molecule has 0 fully saturated rings. The molecule has 0 atom stereocenters. The van der Waals surface area contributed by atoms with Gasteiger partial charge in [0.15, 0.2) is 0 Å². The van der Waals surface area contributed by atoms with Gasteiger partial charge < -0.3 is 4.55 Å². The van der Waals surface area contributed by atoms with Crippen molar-refractivity contribution in [2.75, 3.05) is 5.75 Å². The zero-order valence-electron chi connectivity index (χ0n) is 4.42. The maximum Gasteiger partial charge on any atom is 1.00 e. The Morgan fingerprint density at radius 2 is 2.00 bits per heavy atom. The molecular formula is C3H3LiO3S. The summed E-state index contributed by atoms with van der Waals surface area (Å²) in [5.74, 6) is 0.992. The topological polar surface area (TPSA) is 57.2 Å². The van der Waals surface area contributed by atoms with E-state index < -0.39 is 15.9 Å². The summed E-state index contributed by atoms with van der Waals surface area (Å²) >= 11 is 0. The van der Waals surface area contributed by atoms with Crippen LogP contribution in [0.2, 0.25) is 0 Å². The molecule has 0 aliphatic carbocycles. The third kappa shape index (κ3) is 9.42. The van der Waals surface area contributed by atoms with Crippen LogP contribution in [0.3, 0.4) is 0 Å². The molecule has 0 radical (unpaired) electrons. The van der Waals surface area contributed by atoms with Crippen molar-refractivity contribution in [3.63, 3.8) is 0 Å². The van der Waals surface area contributed by atoms with Crippen molar-refractivity contribution in [2.24, 2.45) is 0 Å². The second-order valence-corrected chi connectivity index (χ2v) is 2.31. The van der Waals surface area contributed by atoms with Gasteiger partial charge in [0.1, 0.15) is 10.1 Å². The standard InChI is InChI=1S/C3H4O3S.Li/c1-2-3-7(4,5)6;/h1H,3H2,(H,4,5,6);/q;+1/p-1. The molecule has 0 unspecified atom stereocenters. The van der Waals surface area contributed by atoms with Gasteiger partial charge in [0, 0.05) is 0 Å². The maximum atomic E-state index is 9.53. The van der Waals surface area contributed by atoms with Crippen LogP contribution in [-0.4, -0.2) is 18.7 Å². The third-order valence-electron chi connectivity index (χ3n) is 0.260. The molecule has 0 amide bonds. The van der Waals surface area contributed by atoms with E-state index in [0.29, 0.717) is 0 Å². The minimum atomic E-state index is -4.16. The van der Waals surface area contributed by atoms with Crippen LogP contribution in [0.1, 0.15) is 0 Å². The number of rotatable bonds is 1. The van der Waals surface area contributed by atoms with E-state index in [-0.39, 0.29) is 18.9 Å². The Bertz CT molecular complexity index is 175. The van der Waals surface area contributed by atoms with E-state index in [4.69, 9.17) is 0 Å². The summed E-state index contributed by atoms with van der Waals surface area (Å²) in [6.45, 7) is 0. The van der Waals surface area contributed by atoms with Gasteiger partial charge in [-0.15, -0.1) is 6.42 Å². The molecule has 8 heavy (non-hydrogen) atoms. The molecule has 0 saturated carbocycles. The smallest absolute Gasteiger partial charge is 0.747 e. The van der Waals surface area contributed by atoms with Crippen molar-refractivity contribution < 1.29 is 31.8 Å². The van der Waals surface area contributed by atoms with Gasteiger partial charge in [0.2, 0.25) is 0 Å². The van der Waals surface area contributed by atoms with Crippen LogP contribution in [0.5, 0.6) is 0 Å². The van der Waals surface area contributed by atoms with E-state index in [1.807, 2.05) is 0 Å². The van der Waals surface area contributed by atoms with Crippen molar-refractivity contribution in [2.45, 2.75) is 0 Å². The van der Waals surface area contributed by atoms with Gasteiger partial charge >= 0.3 is 18.9 Å². The first kappa shape index (κ1) is 10.9. The summed E-state index contributed by atoms with van der Waals surface area (Å²) in [7, 11) is -4.16. The predicted molar refractivity (Wildman–Crippen MR) is 23.4 cm³/mol. The van der Waals surface area contributed by atoms with Gasteiger partial charge in [-0.05, 0) is 0 Å². The Balaban J connectivity index is 0. The first-order valence-corrected chi connectivity index (χ1v) is 3.01. The fourth-order valence-corrected chi connectivity index (χ4v) is 0.306. The second-order valence-electron chi connectivity index (χ2n) is 0.906. The van der Waals surface area contributed by atoms with E-state index in [1.54, 1.807) is 5.92 Å². The number of hydrogen-bond donors (Lipinski definition) is 0. The summed E-state index contributed by atoms with van der Waals surface area (Å²) < 4.78 is 28.6. The van der Waals surface area contributed by atoms with Gasteiger partial charge in [-0.3, -0.25) is 0 Å². The number of terminal acetylenes is 1. The van der Waals surface area contributed by atoms with Gasteiger partial charge in [-0.2, -0.15) is 0 Å². The summed E-state index contributed by atoms with van der Waals surface area (Å²) in [5, 5.41) is 0. The quantitative estimate of drug-likeness (QED) is 0.205. The molecule has 0 saturated heterocycles. The summed E-state index contributed by atoms with van der Waals surface area (Å²) in [6.07, 6.45) is 4.49. The summed E-state index contributed by atoms with van der Waals surface area (Å²) in [5.41, 5.74) is 0. The monoisotopic (exact) mass is 126 g/mol. The van der Waals surface area contributed by atoms with Crippen LogP contribution in [0.15, 0.2) is 0 Å². The van der Waals surface area contributed by atoms with Crippen LogP contribution in [-0.2, 0) is 10.1 Å². The Kier molecular flexibility index (Phi) is 5.47. The average Bonchev–Trinajstić information content (AvgIpc) is 1.30. The second kappa shape index (κ2) is 4.00. The first-order chi connectivity index (χ1) is 3.06. The molecule has 3 nitrogen and oxygen atoms in total. The van der Waals surface area contributed by atoms with Crippen molar-refractivity contribution in [1.29, 1.82) is 0 Å². The van der Waals surface area contributed by atoms with Crippen LogP contribution < -0.4 is 18.9 Å². The molecule has 0 aliphatic heterocycles. The van der Waals surface area contributed by atoms with Gasteiger partial charge in [-0.1, -0.05) is 5.92 Å². The molecular weight excluding hydrogens is 123 g/mol. The molecule has 0 N–H and O–H groups in total. The molecule has 0 aromatic rings. The first-order valence-electron chi connectivity index (χ1n) is 1.43. The van der Waals surface area contributed by atoms with Crippen molar-refractivity contribution >= 4 is 10.1 Å². The van der Waals surface area contributed by atoms with Crippen molar-refractivity contribution in [3.8, 4) is 12.3 Å². The fourth-order valence-electron chi connectivity index (χ4n) is 0.102. The Hall–Kier alpha value is 0.0674. The normalized spacial score (nSPS) is 9.00. The van der Waals surface area contributed by atoms with Gasteiger partial charge in [-0.25, -0.2) is 8.42 Å². The van der Waals surface area contributed by atoms with E-state index >= 15 is 0 Å². The molecule has 0 heterocycles. The third-order valence-corrected chi connectivity index (χ3v) is 0.780. The Morgan fingerprint density at radius 3 is 2.00 bits per heavy atom. The molecule has 0 spiro atoms. The SMILES string of the molecule is C#CCS(=O)(=O)[O-].[Li+]. The zero-order chi connectivity index (χ0) is 5.91. The molecule has 0 aromatic heterocycles. The molecule has 0 aliphatic rings. The minimum Gasteiger partial charge on any atom is -0.747 e. The van der Waals surface area contributed by atoms with Crippen molar-refractivity contribution in [3.05, 3.63) is 0 Å².